The van der Waals surface area contributed by atoms with E-state index < -0.39 is 23.1 Å². The van der Waals surface area contributed by atoms with Crippen molar-refractivity contribution in [2.24, 2.45) is 5.92 Å². The van der Waals surface area contributed by atoms with E-state index in [4.69, 9.17) is 0 Å². The average molecular weight is 397 g/mol. The first-order chi connectivity index (χ1) is 8.90. The van der Waals surface area contributed by atoms with Crippen LogP contribution in [0.15, 0.2) is 16.6 Å². The molecule has 0 radical (unpaired) electrons. The van der Waals surface area contributed by atoms with Gasteiger partial charge in [0.25, 0.3) is 5.91 Å². The second-order valence-corrected chi connectivity index (χ2v) is 6.87. The number of piperidine rings is 1. The first kappa shape index (κ1) is 14.9. The van der Waals surface area contributed by atoms with Crippen LogP contribution in [0.3, 0.4) is 0 Å². The minimum atomic E-state index is -0.832. The van der Waals surface area contributed by atoms with E-state index in [1.165, 1.54) is 4.90 Å². The number of halogens is 4. The Morgan fingerprint density at radius 3 is 2.47 bits per heavy atom. The SMILES string of the molecule is CC1CCN(C(=O)c2c(F)cc(Br)cc2F)CC1Br. The Labute approximate surface area is 127 Å². The number of carbonyl (C=O) groups is 1. The second-order valence-electron chi connectivity index (χ2n) is 4.78. The molecule has 0 N–H and O–H groups in total. The standard InChI is InChI=1S/C13H13Br2F2NO/c1-7-2-3-18(6-9(7)15)13(19)12-10(16)4-8(14)5-11(12)17/h4-5,7,9H,2-3,6H2,1H3. The van der Waals surface area contributed by atoms with E-state index in [1.807, 2.05) is 0 Å². The number of benzene rings is 1. The fourth-order valence-corrected chi connectivity index (χ4v) is 3.13. The van der Waals surface area contributed by atoms with Gasteiger partial charge in [0.1, 0.15) is 17.2 Å². The highest BCUT2D eigenvalue weighted by atomic mass is 79.9. The van der Waals surface area contributed by atoms with Gasteiger partial charge in [-0.2, -0.15) is 0 Å². The van der Waals surface area contributed by atoms with Gasteiger partial charge < -0.3 is 4.90 Å². The van der Waals surface area contributed by atoms with Gasteiger partial charge in [-0.3, -0.25) is 4.79 Å². The van der Waals surface area contributed by atoms with Crippen LogP contribution in [0.25, 0.3) is 0 Å². The quantitative estimate of drug-likeness (QED) is 0.657. The van der Waals surface area contributed by atoms with Crippen molar-refractivity contribution in [2.45, 2.75) is 18.2 Å². The molecular weight excluding hydrogens is 384 g/mol. The Morgan fingerprint density at radius 1 is 1.37 bits per heavy atom. The van der Waals surface area contributed by atoms with Crippen LogP contribution < -0.4 is 0 Å². The summed E-state index contributed by atoms with van der Waals surface area (Å²) in [7, 11) is 0. The van der Waals surface area contributed by atoms with Crippen molar-refractivity contribution in [1.29, 1.82) is 0 Å². The molecule has 1 aliphatic heterocycles. The zero-order valence-corrected chi connectivity index (χ0v) is 13.5. The van der Waals surface area contributed by atoms with E-state index >= 15 is 0 Å². The van der Waals surface area contributed by atoms with Crippen molar-refractivity contribution in [3.8, 4) is 0 Å². The first-order valence-electron chi connectivity index (χ1n) is 5.98. The van der Waals surface area contributed by atoms with Crippen LogP contribution in [0.2, 0.25) is 0 Å². The van der Waals surface area contributed by atoms with Gasteiger partial charge in [-0.05, 0) is 24.5 Å². The molecule has 1 heterocycles. The molecule has 2 nitrogen and oxygen atoms in total. The van der Waals surface area contributed by atoms with E-state index in [0.717, 1.165) is 18.6 Å². The van der Waals surface area contributed by atoms with Crippen molar-refractivity contribution in [3.05, 3.63) is 33.8 Å². The molecule has 2 atom stereocenters. The van der Waals surface area contributed by atoms with Crippen LogP contribution in [0.4, 0.5) is 8.78 Å². The number of hydrogen-bond acceptors (Lipinski definition) is 1. The van der Waals surface area contributed by atoms with Crippen LogP contribution in [0.1, 0.15) is 23.7 Å². The predicted octanol–water partition coefficient (Wildman–Crippen LogP) is 3.97. The Morgan fingerprint density at radius 2 is 1.95 bits per heavy atom. The van der Waals surface area contributed by atoms with E-state index in [2.05, 4.69) is 38.8 Å². The number of hydrogen-bond donors (Lipinski definition) is 0. The summed E-state index contributed by atoms with van der Waals surface area (Å²) in [4.78, 5) is 13.9. The lowest BCUT2D eigenvalue weighted by Crippen LogP contribution is -2.44. The molecule has 2 unspecified atom stereocenters. The van der Waals surface area contributed by atoms with Crippen LogP contribution >= 0.6 is 31.9 Å². The van der Waals surface area contributed by atoms with Gasteiger partial charge in [-0.25, -0.2) is 8.78 Å². The van der Waals surface area contributed by atoms with Crippen molar-refractivity contribution in [1.82, 2.24) is 4.90 Å². The highest BCUT2D eigenvalue weighted by Gasteiger charge is 2.30. The van der Waals surface area contributed by atoms with E-state index in [0.29, 0.717) is 19.0 Å². The predicted molar refractivity (Wildman–Crippen MR) is 76.5 cm³/mol. The van der Waals surface area contributed by atoms with Crippen molar-refractivity contribution in [3.63, 3.8) is 0 Å². The molecule has 0 aromatic heterocycles. The highest BCUT2D eigenvalue weighted by Crippen LogP contribution is 2.26. The highest BCUT2D eigenvalue weighted by molar-refractivity contribution is 9.10. The Balaban J connectivity index is 2.25. The van der Waals surface area contributed by atoms with Gasteiger partial charge >= 0.3 is 0 Å². The summed E-state index contributed by atoms with van der Waals surface area (Å²) in [6.07, 6.45) is 0.821. The Kier molecular flexibility index (Phi) is 4.61. The third kappa shape index (κ3) is 3.16. The largest absolute Gasteiger partial charge is 0.337 e. The minimum absolute atomic E-state index is 0.159. The number of nitrogens with zero attached hydrogens (tertiary/aromatic N) is 1. The topological polar surface area (TPSA) is 20.3 Å². The van der Waals surface area contributed by atoms with Crippen molar-refractivity contribution >= 4 is 37.8 Å². The fraction of sp³-hybridized carbons (Fsp3) is 0.462. The molecule has 0 aliphatic carbocycles. The Bertz CT molecular complexity index is 486. The molecular formula is C13H13Br2F2NO. The molecule has 0 bridgehead atoms. The van der Waals surface area contributed by atoms with Crippen molar-refractivity contribution in [2.75, 3.05) is 13.1 Å². The van der Waals surface area contributed by atoms with Crippen LogP contribution in [0, 0.1) is 17.6 Å². The summed E-state index contributed by atoms with van der Waals surface area (Å²) in [5.74, 6) is -1.80. The van der Waals surface area contributed by atoms with E-state index in [9.17, 15) is 13.6 Å². The lowest BCUT2D eigenvalue weighted by molar-refractivity contribution is 0.0696. The van der Waals surface area contributed by atoms with E-state index in [-0.39, 0.29) is 9.30 Å². The monoisotopic (exact) mass is 395 g/mol. The molecule has 0 spiro atoms. The van der Waals surface area contributed by atoms with Gasteiger partial charge in [-0.1, -0.05) is 38.8 Å². The van der Waals surface area contributed by atoms with Crippen molar-refractivity contribution < 1.29 is 13.6 Å². The molecule has 0 saturated carbocycles. The smallest absolute Gasteiger partial charge is 0.259 e. The molecule has 1 aromatic rings. The first-order valence-corrected chi connectivity index (χ1v) is 7.69. The van der Waals surface area contributed by atoms with Gasteiger partial charge in [0.15, 0.2) is 0 Å². The summed E-state index contributed by atoms with van der Waals surface area (Å²) < 4.78 is 27.8. The third-order valence-corrected chi connectivity index (χ3v) is 5.02. The molecule has 19 heavy (non-hydrogen) atoms. The van der Waals surface area contributed by atoms with Crippen LogP contribution in [-0.2, 0) is 0 Å². The number of alkyl halides is 1. The molecule has 1 aliphatic rings. The third-order valence-electron chi connectivity index (χ3n) is 3.37. The van der Waals surface area contributed by atoms with Gasteiger partial charge in [0.05, 0.1) is 0 Å². The van der Waals surface area contributed by atoms with Gasteiger partial charge in [0, 0.05) is 22.4 Å². The molecule has 1 fully saturated rings. The summed E-state index contributed by atoms with van der Waals surface area (Å²) in [6, 6.07) is 2.21. The lowest BCUT2D eigenvalue weighted by Gasteiger charge is -2.34. The normalized spacial score (nSPS) is 23.5. The van der Waals surface area contributed by atoms with Crippen LogP contribution in [0.5, 0.6) is 0 Å². The molecule has 104 valence electrons. The summed E-state index contributed by atoms with van der Waals surface area (Å²) >= 11 is 6.49. The summed E-state index contributed by atoms with van der Waals surface area (Å²) in [5, 5.41) is 0. The molecule has 2 rings (SSSR count). The van der Waals surface area contributed by atoms with Gasteiger partial charge in [0.2, 0.25) is 0 Å². The molecule has 1 aromatic carbocycles. The molecule has 1 saturated heterocycles. The maximum absolute atomic E-state index is 13.8. The zero-order chi connectivity index (χ0) is 14.2. The minimum Gasteiger partial charge on any atom is -0.337 e. The van der Waals surface area contributed by atoms with E-state index in [1.54, 1.807) is 0 Å². The number of likely N-dealkylation sites (tertiary alicyclic amines) is 1. The summed E-state index contributed by atoms with van der Waals surface area (Å²) in [5.41, 5.74) is -0.475. The lowest BCUT2D eigenvalue weighted by atomic mass is 9.98. The van der Waals surface area contributed by atoms with Gasteiger partial charge in [-0.15, -0.1) is 0 Å². The Hall–Kier alpha value is -0.490. The maximum Gasteiger partial charge on any atom is 0.259 e. The summed E-state index contributed by atoms with van der Waals surface area (Å²) in [6.45, 7) is 3.08. The maximum atomic E-state index is 13.8. The molecule has 6 heteroatoms. The molecule has 1 amide bonds. The number of rotatable bonds is 1. The number of amides is 1. The average Bonchev–Trinajstić information content (AvgIpc) is 2.31. The van der Waals surface area contributed by atoms with Crippen LogP contribution in [-0.4, -0.2) is 28.7 Å². The number of carbonyl (C=O) groups excluding carboxylic acids is 1. The fourth-order valence-electron chi connectivity index (χ4n) is 2.11. The zero-order valence-electron chi connectivity index (χ0n) is 10.3. The second kappa shape index (κ2) is 5.87.